The quantitative estimate of drug-likeness (QED) is 0.843. The van der Waals surface area contributed by atoms with Gasteiger partial charge in [0.1, 0.15) is 11.3 Å². The number of furan rings is 1. The number of benzene rings is 1. The van der Waals surface area contributed by atoms with Crippen molar-refractivity contribution in [3.8, 4) is 0 Å². The Morgan fingerprint density at radius 2 is 2.22 bits per heavy atom. The van der Waals surface area contributed by atoms with E-state index in [4.69, 9.17) is 4.42 Å². The van der Waals surface area contributed by atoms with Gasteiger partial charge in [0.25, 0.3) is 0 Å². The van der Waals surface area contributed by atoms with E-state index in [0.29, 0.717) is 6.04 Å². The van der Waals surface area contributed by atoms with Crippen molar-refractivity contribution in [2.24, 2.45) is 0 Å². The van der Waals surface area contributed by atoms with Gasteiger partial charge in [-0.05, 0) is 38.1 Å². The SMILES string of the molecule is CC1(C)CSCC(c2cc3cc(Br)ccc3o2)N1. The molecule has 96 valence electrons. The molecule has 1 saturated heterocycles. The maximum Gasteiger partial charge on any atom is 0.134 e. The minimum Gasteiger partial charge on any atom is -0.459 e. The van der Waals surface area contributed by atoms with Crippen molar-refractivity contribution >= 4 is 38.7 Å². The van der Waals surface area contributed by atoms with Crippen LogP contribution in [-0.2, 0) is 0 Å². The Labute approximate surface area is 120 Å². The van der Waals surface area contributed by atoms with E-state index in [1.165, 1.54) is 0 Å². The van der Waals surface area contributed by atoms with Gasteiger partial charge in [0.15, 0.2) is 0 Å². The lowest BCUT2D eigenvalue weighted by molar-refractivity contribution is 0.342. The largest absolute Gasteiger partial charge is 0.459 e. The molecule has 1 atom stereocenters. The Kier molecular flexibility index (Phi) is 3.20. The molecule has 3 rings (SSSR count). The molecule has 0 bridgehead atoms. The lowest BCUT2D eigenvalue weighted by atomic mass is 10.1. The summed E-state index contributed by atoms with van der Waals surface area (Å²) in [4.78, 5) is 0. The average molecular weight is 326 g/mol. The number of halogens is 1. The second-order valence-electron chi connectivity index (χ2n) is 5.43. The van der Waals surface area contributed by atoms with Crippen LogP contribution in [0.1, 0.15) is 25.6 Å². The molecule has 1 aromatic carbocycles. The summed E-state index contributed by atoms with van der Waals surface area (Å²) in [5.41, 5.74) is 1.14. The smallest absolute Gasteiger partial charge is 0.134 e. The molecule has 2 aromatic rings. The monoisotopic (exact) mass is 325 g/mol. The summed E-state index contributed by atoms with van der Waals surface area (Å²) >= 11 is 5.48. The first-order chi connectivity index (χ1) is 8.53. The highest BCUT2D eigenvalue weighted by Gasteiger charge is 2.30. The number of hydrogen-bond acceptors (Lipinski definition) is 3. The summed E-state index contributed by atoms with van der Waals surface area (Å²) in [5, 5.41) is 4.82. The average Bonchev–Trinajstić information content (AvgIpc) is 2.70. The first-order valence-corrected chi connectivity index (χ1v) is 8.03. The molecule has 2 nitrogen and oxygen atoms in total. The molecule has 1 unspecified atom stereocenters. The molecule has 1 aliphatic rings. The van der Waals surface area contributed by atoms with E-state index >= 15 is 0 Å². The van der Waals surface area contributed by atoms with Gasteiger partial charge in [-0.1, -0.05) is 15.9 Å². The van der Waals surface area contributed by atoms with Crippen LogP contribution >= 0.6 is 27.7 Å². The predicted molar refractivity (Wildman–Crippen MR) is 81.2 cm³/mol. The van der Waals surface area contributed by atoms with Gasteiger partial charge in [0.2, 0.25) is 0 Å². The molecule has 0 radical (unpaired) electrons. The summed E-state index contributed by atoms with van der Waals surface area (Å²) in [6.45, 7) is 4.48. The fourth-order valence-corrected chi connectivity index (χ4v) is 3.92. The molecule has 1 N–H and O–H groups in total. The summed E-state index contributed by atoms with van der Waals surface area (Å²) in [6, 6.07) is 8.60. The molecule has 4 heteroatoms. The Morgan fingerprint density at radius 1 is 1.39 bits per heavy atom. The van der Waals surface area contributed by atoms with E-state index in [1.54, 1.807) is 0 Å². The highest BCUT2D eigenvalue weighted by Crippen LogP contribution is 2.33. The second kappa shape index (κ2) is 4.58. The highest BCUT2D eigenvalue weighted by atomic mass is 79.9. The van der Waals surface area contributed by atoms with E-state index in [0.717, 1.165) is 32.7 Å². The number of nitrogens with one attached hydrogen (secondary N) is 1. The van der Waals surface area contributed by atoms with E-state index < -0.39 is 0 Å². The fraction of sp³-hybridized carbons (Fsp3) is 0.429. The Hall–Kier alpha value is -0.450. The molecular formula is C14H16BrNOS. The first-order valence-electron chi connectivity index (χ1n) is 6.08. The van der Waals surface area contributed by atoms with Gasteiger partial charge >= 0.3 is 0 Å². The van der Waals surface area contributed by atoms with Crippen molar-refractivity contribution in [3.05, 3.63) is 34.5 Å². The van der Waals surface area contributed by atoms with E-state index in [9.17, 15) is 0 Å². The molecule has 2 heterocycles. The number of thioether (sulfide) groups is 1. The van der Waals surface area contributed by atoms with Gasteiger partial charge in [-0.25, -0.2) is 0 Å². The number of hydrogen-bond donors (Lipinski definition) is 1. The van der Waals surface area contributed by atoms with Crippen molar-refractivity contribution in [2.45, 2.75) is 25.4 Å². The molecule has 18 heavy (non-hydrogen) atoms. The molecule has 0 spiro atoms. The molecule has 0 aliphatic carbocycles. The highest BCUT2D eigenvalue weighted by molar-refractivity contribution is 9.10. The third kappa shape index (κ3) is 2.46. The first kappa shape index (κ1) is 12.6. The van der Waals surface area contributed by atoms with Crippen LogP contribution < -0.4 is 5.32 Å². The normalized spacial score (nSPS) is 23.4. The van der Waals surface area contributed by atoms with Crippen molar-refractivity contribution in [1.29, 1.82) is 0 Å². The van der Waals surface area contributed by atoms with Crippen LogP contribution in [0.4, 0.5) is 0 Å². The minimum absolute atomic E-state index is 0.174. The molecule has 0 saturated carbocycles. The third-order valence-electron chi connectivity index (χ3n) is 3.15. The zero-order valence-electron chi connectivity index (χ0n) is 10.5. The van der Waals surface area contributed by atoms with Crippen molar-refractivity contribution in [1.82, 2.24) is 5.32 Å². The van der Waals surface area contributed by atoms with Crippen LogP contribution in [0.3, 0.4) is 0 Å². The second-order valence-corrected chi connectivity index (χ2v) is 7.37. The molecule has 1 aromatic heterocycles. The fourth-order valence-electron chi connectivity index (χ4n) is 2.35. The maximum atomic E-state index is 5.96. The van der Waals surface area contributed by atoms with Gasteiger partial charge in [-0.15, -0.1) is 0 Å². The third-order valence-corrected chi connectivity index (χ3v) is 5.14. The van der Waals surface area contributed by atoms with Gasteiger partial charge in [-0.3, -0.25) is 0 Å². The summed E-state index contributed by atoms with van der Waals surface area (Å²) < 4.78 is 7.05. The standard InChI is InChI=1S/C14H16BrNOS/c1-14(2)8-18-7-11(16-14)13-6-9-5-10(15)3-4-12(9)17-13/h3-6,11,16H,7-8H2,1-2H3. The van der Waals surface area contributed by atoms with Gasteiger partial charge < -0.3 is 9.73 Å². The Bertz CT molecular complexity index is 578. The van der Waals surface area contributed by atoms with Gasteiger partial charge in [0.05, 0.1) is 6.04 Å². The summed E-state index contributed by atoms with van der Waals surface area (Å²) in [6.07, 6.45) is 0. The van der Waals surface area contributed by atoms with E-state index in [-0.39, 0.29) is 5.54 Å². The molecule has 1 fully saturated rings. The summed E-state index contributed by atoms with van der Waals surface area (Å²) in [7, 11) is 0. The predicted octanol–water partition coefficient (Wildman–Crippen LogP) is 4.35. The van der Waals surface area contributed by atoms with Crippen LogP contribution in [0, 0.1) is 0 Å². The lowest BCUT2D eigenvalue weighted by Gasteiger charge is -2.35. The van der Waals surface area contributed by atoms with Crippen LogP contribution in [0.2, 0.25) is 0 Å². The van der Waals surface area contributed by atoms with Crippen molar-refractivity contribution in [3.63, 3.8) is 0 Å². The molecule has 0 amide bonds. The van der Waals surface area contributed by atoms with Crippen LogP contribution in [0.15, 0.2) is 33.2 Å². The van der Waals surface area contributed by atoms with Gasteiger partial charge in [-0.2, -0.15) is 11.8 Å². The molecule has 1 aliphatic heterocycles. The van der Waals surface area contributed by atoms with Crippen molar-refractivity contribution < 1.29 is 4.42 Å². The number of rotatable bonds is 1. The van der Waals surface area contributed by atoms with E-state index in [2.05, 4.69) is 47.2 Å². The van der Waals surface area contributed by atoms with Crippen LogP contribution in [0.25, 0.3) is 11.0 Å². The lowest BCUT2D eigenvalue weighted by Crippen LogP contribution is -2.48. The zero-order valence-corrected chi connectivity index (χ0v) is 12.9. The number of fused-ring (bicyclic) bond motifs is 1. The molecular weight excluding hydrogens is 310 g/mol. The van der Waals surface area contributed by atoms with Gasteiger partial charge in [0, 0.05) is 26.9 Å². The summed E-state index contributed by atoms with van der Waals surface area (Å²) in [5.74, 6) is 3.27. The Balaban J connectivity index is 1.94. The van der Waals surface area contributed by atoms with E-state index in [1.807, 2.05) is 23.9 Å². The van der Waals surface area contributed by atoms with Crippen LogP contribution in [0.5, 0.6) is 0 Å². The Morgan fingerprint density at radius 3 is 3.00 bits per heavy atom. The minimum atomic E-state index is 0.174. The van der Waals surface area contributed by atoms with Crippen molar-refractivity contribution in [2.75, 3.05) is 11.5 Å². The maximum absolute atomic E-state index is 5.96. The zero-order chi connectivity index (χ0) is 12.8. The van der Waals surface area contributed by atoms with Crippen LogP contribution in [-0.4, -0.2) is 17.0 Å². The topological polar surface area (TPSA) is 25.2 Å².